The zero-order valence-corrected chi connectivity index (χ0v) is 9.19. The van der Waals surface area contributed by atoms with E-state index in [0.717, 1.165) is 25.9 Å². The van der Waals surface area contributed by atoms with Gasteiger partial charge in [-0.1, -0.05) is 24.1 Å². The third kappa shape index (κ3) is 5.40. The quantitative estimate of drug-likeness (QED) is 0.690. The van der Waals surface area contributed by atoms with Crippen LogP contribution < -0.4 is 0 Å². The molecule has 0 bridgehead atoms. The number of aromatic hydroxyl groups is 1. The maximum atomic E-state index is 8.76. The Kier molecular flexibility index (Phi) is 5.15. The van der Waals surface area contributed by atoms with Gasteiger partial charge in [-0.2, -0.15) is 5.06 Å². The van der Waals surface area contributed by atoms with Gasteiger partial charge < -0.3 is 10.3 Å². The molecule has 1 aliphatic rings. The minimum absolute atomic E-state index is 0.329. The molecule has 1 aromatic carbocycles. The number of hydrogen-bond donors (Lipinski definition) is 2. The van der Waals surface area contributed by atoms with E-state index in [1.807, 2.05) is 19.1 Å². The molecule has 2 N–H and O–H groups in total. The van der Waals surface area contributed by atoms with Crippen molar-refractivity contribution in [1.29, 1.82) is 0 Å². The van der Waals surface area contributed by atoms with Crippen LogP contribution >= 0.6 is 0 Å². The SMILES string of the molecule is Cc1ccc(O)cc1.ON1CCCCC1. The fourth-order valence-corrected chi connectivity index (χ4v) is 1.42. The molecule has 1 aromatic rings. The van der Waals surface area contributed by atoms with E-state index < -0.39 is 0 Å². The van der Waals surface area contributed by atoms with E-state index in [-0.39, 0.29) is 0 Å². The summed E-state index contributed by atoms with van der Waals surface area (Å²) in [4.78, 5) is 0. The van der Waals surface area contributed by atoms with Crippen LogP contribution in [0, 0.1) is 6.92 Å². The van der Waals surface area contributed by atoms with Gasteiger partial charge >= 0.3 is 0 Å². The summed E-state index contributed by atoms with van der Waals surface area (Å²) < 4.78 is 0. The fourth-order valence-electron chi connectivity index (χ4n) is 1.42. The molecule has 1 saturated heterocycles. The molecule has 0 aromatic heterocycles. The molecule has 1 aliphatic heterocycles. The third-order valence-corrected chi connectivity index (χ3v) is 2.37. The summed E-state index contributed by atoms with van der Waals surface area (Å²) in [5.41, 5.74) is 1.17. The van der Waals surface area contributed by atoms with Gasteiger partial charge in [0.05, 0.1) is 0 Å². The molecule has 0 spiro atoms. The average Bonchev–Trinajstić information content (AvgIpc) is 2.25. The Morgan fingerprint density at radius 3 is 1.87 bits per heavy atom. The van der Waals surface area contributed by atoms with Gasteiger partial charge in [-0.3, -0.25) is 0 Å². The van der Waals surface area contributed by atoms with E-state index in [0.29, 0.717) is 5.75 Å². The van der Waals surface area contributed by atoms with Crippen molar-refractivity contribution in [3.05, 3.63) is 29.8 Å². The summed E-state index contributed by atoms with van der Waals surface area (Å²) in [6, 6.07) is 7.09. The van der Waals surface area contributed by atoms with Crippen molar-refractivity contribution < 1.29 is 10.3 Å². The predicted octanol–water partition coefficient (Wildman–Crippen LogP) is 2.56. The molecule has 0 amide bonds. The van der Waals surface area contributed by atoms with Crippen LogP contribution in [0.15, 0.2) is 24.3 Å². The van der Waals surface area contributed by atoms with Crippen LogP contribution in [-0.2, 0) is 0 Å². The lowest BCUT2D eigenvalue weighted by atomic mass is 10.2. The van der Waals surface area contributed by atoms with E-state index in [9.17, 15) is 0 Å². The van der Waals surface area contributed by atoms with Crippen molar-refractivity contribution in [1.82, 2.24) is 5.06 Å². The minimum atomic E-state index is 0.329. The first-order valence-electron chi connectivity index (χ1n) is 5.38. The Labute approximate surface area is 90.9 Å². The summed E-state index contributed by atoms with van der Waals surface area (Å²) in [6.45, 7) is 3.74. The van der Waals surface area contributed by atoms with Crippen LogP contribution in [0.1, 0.15) is 24.8 Å². The van der Waals surface area contributed by atoms with Crippen molar-refractivity contribution in [3.8, 4) is 5.75 Å². The molecule has 2 rings (SSSR count). The zero-order valence-electron chi connectivity index (χ0n) is 9.19. The standard InChI is InChI=1S/C7H8O.C5H11NO/c1-6-2-4-7(8)5-3-6;7-6-4-2-1-3-5-6/h2-5,8H,1H3;7H,1-5H2. The highest BCUT2D eigenvalue weighted by atomic mass is 16.5. The van der Waals surface area contributed by atoms with Gasteiger partial charge in [0, 0.05) is 13.1 Å². The molecular formula is C12H19NO2. The first-order valence-corrected chi connectivity index (χ1v) is 5.38. The molecule has 0 aliphatic carbocycles. The van der Waals surface area contributed by atoms with Gasteiger partial charge in [-0.05, 0) is 31.9 Å². The summed E-state index contributed by atoms with van der Waals surface area (Å²) in [6.07, 6.45) is 3.62. The van der Waals surface area contributed by atoms with E-state index in [1.165, 1.54) is 17.0 Å². The topological polar surface area (TPSA) is 43.7 Å². The molecule has 0 atom stereocenters. The summed E-state index contributed by atoms with van der Waals surface area (Å²) >= 11 is 0. The molecule has 84 valence electrons. The number of nitrogens with zero attached hydrogens (tertiary/aromatic N) is 1. The van der Waals surface area contributed by atoms with Gasteiger partial charge in [0.1, 0.15) is 5.75 Å². The molecule has 15 heavy (non-hydrogen) atoms. The number of rotatable bonds is 0. The monoisotopic (exact) mass is 209 g/mol. The lowest BCUT2D eigenvalue weighted by Gasteiger charge is -2.18. The molecule has 1 fully saturated rings. The Morgan fingerprint density at radius 1 is 1.00 bits per heavy atom. The number of benzene rings is 1. The van der Waals surface area contributed by atoms with Crippen molar-refractivity contribution in [2.24, 2.45) is 0 Å². The van der Waals surface area contributed by atoms with Crippen molar-refractivity contribution >= 4 is 0 Å². The maximum absolute atomic E-state index is 8.76. The van der Waals surface area contributed by atoms with E-state index in [2.05, 4.69) is 0 Å². The second-order valence-corrected chi connectivity index (χ2v) is 3.85. The Morgan fingerprint density at radius 2 is 1.53 bits per heavy atom. The van der Waals surface area contributed by atoms with Gasteiger partial charge in [0.2, 0.25) is 0 Å². The number of aryl methyl sites for hydroxylation is 1. The largest absolute Gasteiger partial charge is 0.508 e. The number of phenolic OH excluding ortho intramolecular Hbond substituents is 1. The predicted molar refractivity (Wildman–Crippen MR) is 60.1 cm³/mol. The molecule has 3 heteroatoms. The molecule has 3 nitrogen and oxygen atoms in total. The third-order valence-electron chi connectivity index (χ3n) is 2.37. The normalized spacial score (nSPS) is 16.7. The van der Waals surface area contributed by atoms with Crippen molar-refractivity contribution in [2.45, 2.75) is 26.2 Å². The molecule has 0 radical (unpaired) electrons. The van der Waals surface area contributed by atoms with E-state index in [4.69, 9.17) is 10.3 Å². The molecule has 0 saturated carbocycles. The number of phenols is 1. The lowest BCUT2D eigenvalue weighted by Crippen LogP contribution is -2.25. The van der Waals surface area contributed by atoms with Crippen LogP contribution in [0.2, 0.25) is 0 Å². The Balaban J connectivity index is 0.000000151. The molecule has 1 heterocycles. The Bertz CT molecular complexity index is 244. The van der Waals surface area contributed by atoms with E-state index in [1.54, 1.807) is 12.1 Å². The smallest absolute Gasteiger partial charge is 0.115 e. The van der Waals surface area contributed by atoms with Crippen LogP contribution in [0.5, 0.6) is 5.75 Å². The average molecular weight is 209 g/mol. The van der Waals surface area contributed by atoms with Crippen LogP contribution in [0.25, 0.3) is 0 Å². The number of hydroxylamine groups is 2. The highest BCUT2D eigenvalue weighted by molar-refractivity contribution is 5.24. The number of piperidine rings is 1. The highest BCUT2D eigenvalue weighted by Crippen LogP contribution is 2.07. The van der Waals surface area contributed by atoms with E-state index >= 15 is 0 Å². The van der Waals surface area contributed by atoms with Gasteiger partial charge in [-0.25, -0.2) is 0 Å². The zero-order chi connectivity index (χ0) is 11.1. The highest BCUT2D eigenvalue weighted by Gasteiger charge is 2.04. The van der Waals surface area contributed by atoms with Crippen LogP contribution in [0.3, 0.4) is 0 Å². The first kappa shape index (κ1) is 12.0. The fraction of sp³-hybridized carbons (Fsp3) is 0.500. The first-order chi connectivity index (χ1) is 7.18. The molecule has 0 unspecified atom stereocenters. The van der Waals surface area contributed by atoms with Crippen LogP contribution in [0.4, 0.5) is 0 Å². The maximum Gasteiger partial charge on any atom is 0.115 e. The lowest BCUT2D eigenvalue weighted by molar-refractivity contribution is -0.103. The van der Waals surface area contributed by atoms with Crippen molar-refractivity contribution in [3.63, 3.8) is 0 Å². The number of hydrogen-bond acceptors (Lipinski definition) is 3. The van der Waals surface area contributed by atoms with Crippen LogP contribution in [-0.4, -0.2) is 28.5 Å². The van der Waals surface area contributed by atoms with Crippen molar-refractivity contribution in [2.75, 3.05) is 13.1 Å². The summed E-state index contributed by atoms with van der Waals surface area (Å²) in [5.74, 6) is 0.329. The summed E-state index contributed by atoms with van der Waals surface area (Å²) in [5, 5.41) is 18.9. The van der Waals surface area contributed by atoms with Gasteiger partial charge in [0.25, 0.3) is 0 Å². The second-order valence-electron chi connectivity index (χ2n) is 3.85. The molecular weight excluding hydrogens is 190 g/mol. The second kappa shape index (κ2) is 6.43. The minimum Gasteiger partial charge on any atom is -0.508 e. The van der Waals surface area contributed by atoms with Gasteiger partial charge in [0.15, 0.2) is 0 Å². The Hall–Kier alpha value is -1.06. The summed E-state index contributed by atoms with van der Waals surface area (Å²) in [7, 11) is 0. The van der Waals surface area contributed by atoms with Gasteiger partial charge in [-0.15, -0.1) is 0 Å².